The highest BCUT2D eigenvalue weighted by Crippen LogP contribution is 2.32. The van der Waals surface area contributed by atoms with Gasteiger partial charge in [-0.2, -0.15) is 0 Å². The third kappa shape index (κ3) is 2.46. The molecule has 0 bridgehead atoms. The van der Waals surface area contributed by atoms with Crippen molar-refractivity contribution < 1.29 is 9.18 Å². The van der Waals surface area contributed by atoms with Gasteiger partial charge in [-0.25, -0.2) is 4.39 Å². The molecule has 1 aliphatic rings. The maximum Gasteiger partial charge on any atom is 0.166 e. The molecule has 0 aromatic heterocycles. The van der Waals surface area contributed by atoms with Gasteiger partial charge in [0.1, 0.15) is 5.82 Å². The lowest BCUT2D eigenvalue weighted by molar-refractivity contribution is 0.0932. The van der Waals surface area contributed by atoms with E-state index < -0.39 is 5.82 Å². The lowest BCUT2D eigenvalue weighted by atomic mass is 9.81. The molecule has 86 valence electrons. The molecule has 1 aromatic rings. The van der Waals surface area contributed by atoms with Crippen molar-refractivity contribution in [1.82, 2.24) is 0 Å². The van der Waals surface area contributed by atoms with Crippen LogP contribution in [0.4, 0.5) is 4.39 Å². The van der Waals surface area contributed by atoms with Crippen LogP contribution in [0.25, 0.3) is 0 Å². The van der Waals surface area contributed by atoms with Crippen LogP contribution in [0.2, 0.25) is 5.02 Å². The summed E-state index contributed by atoms with van der Waals surface area (Å²) >= 11 is 8.97. The zero-order valence-electron chi connectivity index (χ0n) is 8.60. The number of Topliss-reactive ketones (excluding diaryl/α,β-unsaturated/α-hetero) is 1. The number of halogens is 3. The van der Waals surface area contributed by atoms with Gasteiger partial charge in [-0.1, -0.05) is 30.9 Å². The number of carbonyl (C=O) groups is 1. The number of hydrogen-bond acceptors (Lipinski definition) is 1. The molecule has 0 unspecified atom stereocenters. The van der Waals surface area contributed by atoms with Gasteiger partial charge in [-0.15, -0.1) is 0 Å². The average molecular weight is 306 g/mol. The van der Waals surface area contributed by atoms with Crippen LogP contribution in [-0.2, 0) is 0 Å². The van der Waals surface area contributed by atoms with Crippen molar-refractivity contribution in [2.24, 2.45) is 5.92 Å². The molecule has 1 aromatic carbocycles. The predicted octanol–water partition coefficient (Wildman–Crippen LogP) is 4.61. The Balaban J connectivity index is 2.18. The Bertz CT molecular complexity index is 429. The molecule has 1 aliphatic carbocycles. The molecule has 0 N–H and O–H groups in total. The first-order valence-corrected chi connectivity index (χ1v) is 6.43. The largest absolute Gasteiger partial charge is 0.294 e. The first-order valence-electron chi connectivity index (χ1n) is 5.25. The van der Waals surface area contributed by atoms with Crippen molar-refractivity contribution in [2.45, 2.75) is 25.7 Å². The lowest BCUT2D eigenvalue weighted by Crippen LogP contribution is -2.16. The topological polar surface area (TPSA) is 17.1 Å². The molecule has 0 aliphatic heterocycles. The molecule has 16 heavy (non-hydrogen) atoms. The van der Waals surface area contributed by atoms with Crippen LogP contribution in [0.5, 0.6) is 0 Å². The highest BCUT2D eigenvalue weighted by atomic mass is 79.9. The van der Waals surface area contributed by atoms with Gasteiger partial charge in [0.15, 0.2) is 5.78 Å². The van der Waals surface area contributed by atoms with Crippen molar-refractivity contribution in [1.29, 1.82) is 0 Å². The van der Waals surface area contributed by atoms with E-state index in [9.17, 15) is 9.18 Å². The Kier molecular flexibility index (Phi) is 3.65. The van der Waals surface area contributed by atoms with Crippen LogP contribution in [0.15, 0.2) is 16.6 Å². The second-order valence-electron chi connectivity index (χ2n) is 4.17. The van der Waals surface area contributed by atoms with Gasteiger partial charge in [0.05, 0.1) is 10.6 Å². The molecule has 0 heterocycles. The molecule has 0 amide bonds. The fourth-order valence-corrected chi connectivity index (χ4v) is 2.28. The van der Waals surface area contributed by atoms with Gasteiger partial charge in [0.2, 0.25) is 0 Å². The summed E-state index contributed by atoms with van der Waals surface area (Å²) in [6, 6.07) is 2.65. The summed E-state index contributed by atoms with van der Waals surface area (Å²) in [5.74, 6) is -0.202. The molecular weight excluding hydrogens is 294 g/mol. The molecule has 0 saturated heterocycles. The van der Waals surface area contributed by atoms with Gasteiger partial charge in [0, 0.05) is 10.9 Å². The number of hydrogen-bond donors (Lipinski definition) is 0. The second kappa shape index (κ2) is 4.84. The van der Waals surface area contributed by atoms with Gasteiger partial charge in [-0.3, -0.25) is 4.79 Å². The van der Waals surface area contributed by atoms with Crippen LogP contribution in [0, 0.1) is 11.7 Å². The van der Waals surface area contributed by atoms with Gasteiger partial charge >= 0.3 is 0 Å². The van der Waals surface area contributed by atoms with E-state index in [4.69, 9.17) is 11.6 Å². The average Bonchev–Trinajstić information content (AvgIpc) is 2.17. The molecule has 1 fully saturated rings. The zero-order valence-corrected chi connectivity index (χ0v) is 10.9. The van der Waals surface area contributed by atoms with Gasteiger partial charge < -0.3 is 0 Å². The summed E-state index contributed by atoms with van der Waals surface area (Å²) in [6.07, 6.45) is 3.78. The number of benzene rings is 1. The normalized spacial score (nSPS) is 15.9. The first kappa shape index (κ1) is 12.1. The summed E-state index contributed by atoms with van der Waals surface area (Å²) in [4.78, 5) is 11.8. The van der Waals surface area contributed by atoms with Crippen LogP contribution in [-0.4, -0.2) is 5.78 Å². The Morgan fingerprint density at radius 1 is 1.50 bits per heavy atom. The lowest BCUT2D eigenvalue weighted by Gasteiger charge is -2.24. The van der Waals surface area contributed by atoms with E-state index in [1.54, 1.807) is 0 Å². The highest BCUT2D eigenvalue weighted by Gasteiger charge is 2.23. The van der Waals surface area contributed by atoms with E-state index in [0.717, 1.165) is 12.8 Å². The molecule has 1 saturated carbocycles. The van der Waals surface area contributed by atoms with Crippen molar-refractivity contribution >= 4 is 33.3 Å². The van der Waals surface area contributed by atoms with Gasteiger partial charge in [0.25, 0.3) is 0 Å². The molecule has 0 atom stereocenters. The fourth-order valence-electron chi connectivity index (χ4n) is 1.81. The summed E-state index contributed by atoms with van der Waals surface area (Å²) in [7, 11) is 0. The predicted molar refractivity (Wildman–Crippen MR) is 65.4 cm³/mol. The van der Waals surface area contributed by atoms with E-state index in [1.807, 2.05) is 0 Å². The summed E-state index contributed by atoms with van der Waals surface area (Å²) in [5.41, 5.74) is 0.111. The van der Waals surface area contributed by atoms with Crippen LogP contribution in [0.1, 0.15) is 36.0 Å². The Labute approximate surface area is 107 Å². The smallest absolute Gasteiger partial charge is 0.166 e. The third-order valence-electron chi connectivity index (χ3n) is 3.01. The summed E-state index contributed by atoms with van der Waals surface area (Å²) < 4.78 is 14.0. The van der Waals surface area contributed by atoms with Crippen LogP contribution < -0.4 is 0 Å². The van der Waals surface area contributed by atoms with Crippen molar-refractivity contribution in [2.75, 3.05) is 0 Å². The van der Waals surface area contributed by atoms with E-state index in [1.165, 1.54) is 18.6 Å². The minimum absolute atomic E-state index is 0.111. The molecule has 0 radical (unpaired) electrons. The quantitative estimate of drug-likeness (QED) is 0.588. The minimum atomic E-state index is -0.499. The van der Waals surface area contributed by atoms with Crippen molar-refractivity contribution in [3.63, 3.8) is 0 Å². The first-order chi connectivity index (χ1) is 7.58. The monoisotopic (exact) mass is 304 g/mol. The highest BCUT2D eigenvalue weighted by molar-refractivity contribution is 9.10. The molecule has 0 spiro atoms. The Hall–Kier alpha value is -0.410. The summed E-state index contributed by atoms with van der Waals surface area (Å²) in [6.45, 7) is 0. The van der Waals surface area contributed by atoms with Crippen molar-refractivity contribution in [3.8, 4) is 0 Å². The maximum atomic E-state index is 13.5. The standard InChI is InChI=1S/C12H11BrClFO/c13-9-6-11(15)8(5-10(9)14)12(16)4-7-2-1-3-7/h5-7H,1-4H2. The fraction of sp³-hybridized carbons (Fsp3) is 0.417. The van der Waals surface area contributed by atoms with E-state index in [-0.39, 0.29) is 11.3 Å². The van der Waals surface area contributed by atoms with Crippen molar-refractivity contribution in [3.05, 3.63) is 33.0 Å². The Morgan fingerprint density at radius 3 is 2.75 bits per heavy atom. The molecule has 4 heteroatoms. The van der Waals surface area contributed by atoms with E-state index in [0.29, 0.717) is 21.8 Å². The van der Waals surface area contributed by atoms with E-state index >= 15 is 0 Å². The molecule has 2 rings (SSSR count). The third-order valence-corrected chi connectivity index (χ3v) is 4.21. The summed E-state index contributed by atoms with van der Waals surface area (Å²) in [5, 5.41) is 0.373. The Morgan fingerprint density at radius 2 is 2.19 bits per heavy atom. The number of carbonyl (C=O) groups excluding carboxylic acids is 1. The van der Waals surface area contributed by atoms with Gasteiger partial charge in [-0.05, 0) is 34.0 Å². The molecular formula is C12H11BrClFO. The van der Waals surface area contributed by atoms with Crippen LogP contribution >= 0.6 is 27.5 Å². The maximum absolute atomic E-state index is 13.5. The zero-order chi connectivity index (χ0) is 11.7. The van der Waals surface area contributed by atoms with E-state index in [2.05, 4.69) is 15.9 Å². The second-order valence-corrected chi connectivity index (χ2v) is 5.43. The SMILES string of the molecule is O=C(CC1CCC1)c1cc(Cl)c(Br)cc1F. The van der Waals surface area contributed by atoms with Crippen LogP contribution in [0.3, 0.4) is 0 Å². The minimum Gasteiger partial charge on any atom is -0.294 e. The number of ketones is 1. The number of rotatable bonds is 3. The molecule has 1 nitrogen and oxygen atoms in total.